The summed E-state index contributed by atoms with van der Waals surface area (Å²) in [7, 11) is 0. The smallest absolute Gasteiger partial charge is 0.320 e. The number of hydrogen-bond donors (Lipinski definition) is 12. The van der Waals surface area contributed by atoms with Gasteiger partial charge < -0.3 is 63.6 Å². The van der Waals surface area contributed by atoms with Gasteiger partial charge in [-0.25, -0.2) is 0 Å². The number of carboxylic acid groups (broad SMARTS) is 1. The van der Waals surface area contributed by atoms with E-state index < -0.39 is 108 Å². The third-order valence-corrected chi connectivity index (χ3v) is 11.2. The van der Waals surface area contributed by atoms with Crippen molar-refractivity contribution in [3.05, 3.63) is 29.8 Å². The topological polar surface area (TPSA) is 320 Å². The van der Waals surface area contributed by atoms with Crippen LogP contribution >= 0.6 is 11.8 Å². The molecule has 0 unspecified atom stereocenters. The summed E-state index contributed by atoms with van der Waals surface area (Å²) in [5.74, 6) is -5.64. The fourth-order valence-corrected chi connectivity index (χ4v) is 7.42. The van der Waals surface area contributed by atoms with Gasteiger partial charge in [0.05, 0.1) is 18.7 Å². The van der Waals surface area contributed by atoms with Gasteiger partial charge in [0.25, 0.3) is 0 Å². The molecule has 0 saturated heterocycles. The van der Waals surface area contributed by atoms with Gasteiger partial charge in [-0.1, -0.05) is 67.5 Å². The minimum atomic E-state index is -1.43. The summed E-state index contributed by atoms with van der Waals surface area (Å²) in [6.07, 6.45) is 1.68. The normalized spacial score (nSPS) is 15.5. The van der Waals surface area contributed by atoms with E-state index in [-0.39, 0.29) is 61.6 Å². The Labute approximate surface area is 400 Å². The average Bonchev–Trinajstić information content (AvgIpc) is 3.22. The SMILES string of the molecule is CSCC[C@@H](CN[C@H](C(=O)O)C(C)C)NC(=O)[C@@H](NC(=O)[C@H](CC(C)C)NC(=O)[C@H](CC(C)C)NC(=O)CNC(=O)[C@H](C)NC(=O)[C@H](CC(C)C)NC(=O)[C@@H](N)Cc1ccc(O)cc1)[C@@H](C)O. The van der Waals surface area contributed by atoms with Gasteiger partial charge in [0.2, 0.25) is 41.4 Å². The zero-order valence-corrected chi connectivity index (χ0v) is 41.9. The number of aromatic hydroxyl groups is 1. The van der Waals surface area contributed by atoms with Gasteiger partial charge in [-0.15, -0.1) is 0 Å². The summed E-state index contributed by atoms with van der Waals surface area (Å²) < 4.78 is 0. The van der Waals surface area contributed by atoms with Crippen LogP contribution in [-0.4, -0.2) is 142 Å². The highest BCUT2D eigenvalue weighted by atomic mass is 32.2. The van der Waals surface area contributed by atoms with E-state index in [2.05, 4.69) is 42.5 Å². The van der Waals surface area contributed by atoms with Crippen LogP contribution in [0.4, 0.5) is 0 Å². The predicted octanol–water partition coefficient (Wildman–Crippen LogP) is 0.278. The first kappa shape index (κ1) is 60.0. The Kier molecular flexibility index (Phi) is 27.2. The van der Waals surface area contributed by atoms with Crippen molar-refractivity contribution in [2.45, 2.75) is 156 Å². The number of phenolic OH excluding ortho intramolecular Hbond substituents is 1. The Balaban J connectivity index is 3.02. The minimum Gasteiger partial charge on any atom is -0.508 e. The van der Waals surface area contributed by atoms with Crippen molar-refractivity contribution in [3.63, 3.8) is 0 Å². The lowest BCUT2D eigenvalue weighted by molar-refractivity contribution is -0.140. The molecule has 0 aliphatic carbocycles. The number of hydrogen-bond acceptors (Lipinski definition) is 13. The number of thioether (sulfide) groups is 1. The Bertz CT molecular complexity index is 1760. The van der Waals surface area contributed by atoms with Crippen molar-refractivity contribution in [2.75, 3.05) is 25.1 Å². The molecule has 7 amide bonds. The molecule has 0 aliphatic rings. The number of carbonyl (C=O) groups is 8. The number of rotatable bonds is 31. The third kappa shape index (κ3) is 23.5. The second-order valence-electron chi connectivity index (χ2n) is 18.7. The zero-order valence-electron chi connectivity index (χ0n) is 41.1. The van der Waals surface area contributed by atoms with Crippen LogP contribution in [0.15, 0.2) is 24.3 Å². The summed E-state index contributed by atoms with van der Waals surface area (Å²) in [4.78, 5) is 106. The number of aliphatic hydroxyl groups is 1. The molecule has 0 bridgehead atoms. The molecular formula is C46H79N9O11S. The molecule has 0 aromatic heterocycles. The fraction of sp³-hybridized carbons (Fsp3) is 0.696. The van der Waals surface area contributed by atoms with Crippen molar-refractivity contribution < 1.29 is 53.7 Å². The number of amides is 7. The molecule has 0 spiro atoms. The number of carboxylic acids is 1. The summed E-state index contributed by atoms with van der Waals surface area (Å²) in [5, 5.41) is 51.2. The van der Waals surface area contributed by atoms with E-state index in [4.69, 9.17) is 5.73 Å². The van der Waals surface area contributed by atoms with Crippen molar-refractivity contribution in [2.24, 2.45) is 29.4 Å². The van der Waals surface area contributed by atoms with Crippen LogP contribution in [0, 0.1) is 23.7 Å². The Morgan fingerprint density at radius 3 is 1.60 bits per heavy atom. The maximum Gasteiger partial charge on any atom is 0.320 e. The molecule has 20 nitrogen and oxygen atoms in total. The minimum absolute atomic E-state index is 0.0243. The van der Waals surface area contributed by atoms with Gasteiger partial charge in [-0.05, 0) is 99.3 Å². The van der Waals surface area contributed by atoms with Crippen LogP contribution in [0.25, 0.3) is 0 Å². The maximum absolute atomic E-state index is 13.8. The average molecular weight is 966 g/mol. The van der Waals surface area contributed by atoms with Crippen molar-refractivity contribution in [1.29, 1.82) is 0 Å². The van der Waals surface area contributed by atoms with Crippen LogP contribution < -0.4 is 48.3 Å². The molecule has 0 saturated carbocycles. The quantitative estimate of drug-likeness (QED) is 0.0476. The summed E-state index contributed by atoms with van der Waals surface area (Å²) >= 11 is 1.53. The van der Waals surface area contributed by atoms with Gasteiger partial charge in [-0.3, -0.25) is 38.4 Å². The van der Waals surface area contributed by atoms with Crippen LogP contribution in [-0.2, 0) is 44.8 Å². The van der Waals surface area contributed by atoms with E-state index in [1.807, 2.05) is 47.8 Å². The van der Waals surface area contributed by atoms with Gasteiger partial charge in [0.1, 0.15) is 42.0 Å². The summed E-state index contributed by atoms with van der Waals surface area (Å²) in [5.41, 5.74) is 6.83. The van der Waals surface area contributed by atoms with Gasteiger partial charge in [0, 0.05) is 12.6 Å². The molecule has 1 aromatic rings. The van der Waals surface area contributed by atoms with E-state index in [9.17, 15) is 53.7 Å². The molecule has 21 heteroatoms. The largest absolute Gasteiger partial charge is 0.508 e. The van der Waals surface area contributed by atoms with Crippen LogP contribution in [0.5, 0.6) is 5.75 Å². The Morgan fingerprint density at radius 1 is 0.627 bits per heavy atom. The van der Waals surface area contributed by atoms with Crippen LogP contribution in [0.1, 0.15) is 100 Å². The van der Waals surface area contributed by atoms with Crippen LogP contribution in [0.2, 0.25) is 0 Å². The van der Waals surface area contributed by atoms with Crippen molar-refractivity contribution >= 4 is 59.1 Å². The number of aliphatic hydroxyl groups excluding tert-OH is 1. The second kappa shape index (κ2) is 30.4. The van der Waals surface area contributed by atoms with Crippen LogP contribution in [0.3, 0.4) is 0 Å². The zero-order chi connectivity index (χ0) is 51.1. The van der Waals surface area contributed by atoms with E-state index in [1.54, 1.807) is 26.0 Å². The number of nitrogens with two attached hydrogens (primary N) is 1. The molecule has 0 radical (unpaired) electrons. The number of carbonyl (C=O) groups excluding carboxylic acids is 7. The first-order valence-corrected chi connectivity index (χ1v) is 24.4. The number of aliphatic carboxylic acids is 1. The highest BCUT2D eigenvalue weighted by Crippen LogP contribution is 2.13. The molecule has 0 fully saturated rings. The first-order valence-electron chi connectivity index (χ1n) is 23.0. The van der Waals surface area contributed by atoms with Crippen molar-refractivity contribution in [1.82, 2.24) is 42.5 Å². The standard InChI is InChI=1S/C46H79N9O11S/c1-24(2)18-34(52-37(58)23-49-40(59)28(9)50-42(61)35(19-25(3)4)53-41(60)33(47)21-30-12-14-32(57)15-13-30)43(62)54-36(20-26(5)6)44(63)55-39(29(10)56)45(64)51-31(16-17-67-11)22-48-38(27(7)8)46(65)66/h12-15,24-29,31,33-36,38-39,48,56-57H,16-23,47H2,1-11H3,(H,49,59)(H,50,61)(H,51,64)(H,52,58)(H,53,60)(H,54,62)(H,55,63)(H,65,66)/t28-,29+,31-,33-,34-,35-,36-,38-,39-/m0/s1. The molecule has 0 heterocycles. The highest BCUT2D eigenvalue weighted by molar-refractivity contribution is 7.98. The highest BCUT2D eigenvalue weighted by Gasteiger charge is 2.34. The molecular weight excluding hydrogens is 887 g/mol. The second-order valence-corrected chi connectivity index (χ2v) is 19.7. The van der Waals surface area contributed by atoms with Gasteiger partial charge in [-0.2, -0.15) is 11.8 Å². The van der Waals surface area contributed by atoms with E-state index >= 15 is 0 Å². The lowest BCUT2D eigenvalue weighted by Crippen LogP contribution is -2.61. The summed E-state index contributed by atoms with van der Waals surface area (Å²) in [6.45, 7) is 16.8. The Hall–Kier alpha value is -4.99. The third-order valence-electron chi connectivity index (χ3n) is 10.5. The predicted molar refractivity (Wildman–Crippen MR) is 257 cm³/mol. The molecule has 1 rings (SSSR count). The molecule has 13 N–H and O–H groups in total. The molecule has 9 atom stereocenters. The number of phenols is 1. The van der Waals surface area contributed by atoms with Gasteiger partial charge in [0.15, 0.2) is 0 Å². The van der Waals surface area contributed by atoms with E-state index in [0.29, 0.717) is 17.7 Å². The van der Waals surface area contributed by atoms with Gasteiger partial charge >= 0.3 is 5.97 Å². The fourth-order valence-electron chi connectivity index (χ4n) is 6.90. The molecule has 0 aliphatic heterocycles. The monoisotopic (exact) mass is 966 g/mol. The number of nitrogens with one attached hydrogen (secondary N) is 8. The first-order chi connectivity index (χ1) is 31.2. The molecule has 380 valence electrons. The van der Waals surface area contributed by atoms with E-state index in [0.717, 1.165) is 0 Å². The summed E-state index contributed by atoms with van der Waals surface area (Å²) in [6, 6.07) is -2.11. The van der Waals surface area contributed by atoms with Crippen molar-refractivity contribution in [3.8, 4) is 5.75 Å². The molecule has 1 aromatic carbocycles. The Morgan fingerprint density at radius 2 is 1.12 bits per heavy atom. The maximum atomic E-state index is 13.8. The lowest BCUT2D eigenvalue weighted by Gasteiger charge is -2.29. The van der Waals surface area contributed by atoms with E-state index in [1.165, 1.54) is 37.7 Å². The number of benzene rings is 1. The lowest BCUT2D eigenvalue weighted by atomic mass is 9.99. The molecule has 67 heavy (non-hydrogen) atoms.